The minimum Gasteiger partial charge on any atom is -0.389 e. The first-order chi connectivity index (χ1) is 14.4. The molecule has 3 aromatic heterocycles. The third-order valence-electron chi connectivity index (χ3n) is 5.47. The normalized spacial score (nSPS) is 17.0. The summed E-state index contributed by atoms with van der Waals surface area (Å²) in [5, 5.41) is 11.4. The van der Waals surface area contributed by atoms with Gasteiger partial charge in [0.15, 0.2) is 5.16 Å². The number of anilines is 1. The molecule has 3 N–H and O–H groups in total. The van der Waals surface area contributed by atoms with Gasteiger partial charge in [-0.15, -0.1) is 0 Å². The number of nitrogens with one attached hydrogen (secondary N) is 2. The van der Waals surface area contributed by atoms with Crippen LogP contribution in [0.15, 0.2) is 30.3 Å². The van der Waals surface area contributed by atoms with Crippen LogP contribution in [0.2, 0.25) is 0 Å². The van der Waals surface area contributed by atoms with Crippen LogP contribution in [0.25, 0.3) is 11.0 Å². The number of hydrogen-bond donors (Lipinski definition) is 3. The van der Waals surface area contributed by atoms with E-state index in [4.69, 9.17) is 0 Å². The van der Waals surface area contributed by atoms with Crippen molar-refractivity contribution in [3.8, 4) is 0 Å². The number of nitrogens with zero attached hydrogens (tertiary/aromatic N) is 4. The number of hydrogen-bond acceptors (Lipinski definition) is 7. The fourth-order valence-electron chi connectivity index (χ4n) is 3.60. The van der Waals surface area contributed by atoms with Crippen LogP contribution in [0, 0.1) is 5.92 Å². The number of aromatic amines is 2. The summed E-state index contributed by atoms with van der Waals surface area (Å²) in [6.07, 6.45) is 2.56. The molecule has 0 unspecified atom stereocenters. The van der Waals surface area contributed by atoms with Crippen LogP contribution in [0.3, 0.4) is 0 Å². The van der Waals surface area contributed by atoms with Crippen molar-refractivity contribution in [3.63, 3.8) is 0 Å². The van der Waals surface area contributed by atoms with Crippen LogP contribution in [-0.2, 0) is 13.0 Å². The number of H-pyrrole nitrogens is 2. The third-order valence-corrected chi connectivity index (χ3v) is 7.15. The largest absolute Gasteiger partial charge is 0.389 e. The second-order valence-corrected chi connectivity index (χ2v) is 9.62. The number of aromatic nitrogens is 5. The Morgan fingerprint density at radius 1 is 1.27 bits per heavy atom. The SMILES string of the molecule is CCc1[nH]c2nc(Sc3cc(=O)n(CC4CC4)c(=O)[nH]3)nc(N3CC(O)C3)c2c1Br. The molecule has 158 valence electrons. The topological polar surface area (TPSA) is 120 Å². The number of aliphatic hydroxyl groups excluding tert-OH is 1. The second kappa shape index (κ2) is 7.54. The Bertz CT molecular complexity index is 1210. The fraction of sp³-hybridized carbons (Fsp3) is 0.474. The van der Waals surface area contributed by atoms with E-state index in [2.05, 4.69) is 35.9 Å². The van der Waals surface area contributed by atoms with Gasteiger partial charge in [-0.25, -0.2) is 14.8 Å². The molecule has 1 aliphatic heterocycles. The molecular weight excluding hydrogens is 472 g/mol. The van der Waals surface area contributed by atoms with Gasteiger partial charge < -0.3 is 20.0 Å². The van der Waals surface area contributed by atoms with Gasteiger partial charge in [-0.3, -0.25) is 9.36 Å². The van der Waals surface area contributed by atoms with Gasteiger partial charge in [0.1, 0.15) is 11.5 Å². The molecule has 9 nitrogen and oxygen atoms in total. The van der Waals surface area contributed by atoms with Crippen molar-refractivity contribution >= 4 is 44.5 Å². The van der Waals surface area contributed by atoms with E-state index in [0.717, 1.165) is 52.4 Å². The highest BCUT2D eigenvalue weighted by atomic mass is 79.9. The van der Waals surface area contributed by atoms with Gasteiger partial charge in [0.05, 0.1) is 21.0 Å². The second-order valence-electron chi connectivity index (χ2n) is 7.82. The summed E-state index contributed by atoms with van der Waals surface area (Å²) < 4.78 is 2.18. The first-order valence-electron chi connectivity index (χ1n) is 9.96. The summed E-state index contributed by atoms with van der Waals surface area (Å²) >= 11 is 4.79. The predicted molar refractivity (Wildman–Crippen MR) is 117 cm³/mol. The molecule has 0 amide bonds. The molecule has 4 heterocycles. The molecule has 0 atom stereocenters. The summed E-state index contributed by atoms with van der Waals surface area (Å²) in [7, 11) is 0. The van der Waals surface area contributed by atoms with Crippen molar-refractivity contribution in [1.82, 2.24) is 24.5 Å². The number of aliphatic hydroxyl groups is 1. The minimum absolute atomic E-state index is 0.309. The summed E-state index contributed by atoms with van der Waals surface area (Å²) in [5.74, 6) is 1.15. The highest BCUT2D eigenvalue weighted by Gasteiger charge is 2.30. The molecule has 0 spiro atoms. The van der Waals surface area contributed by atoms with E-state index < -0.39 is 5.69 Å². The summed E-state index contributed by atoms with van der Waals surface area (Å²) in [6.45, 7) is 3.53. The Morgan fingerprint density at radius 3 is 2.67 bits per heavy atom. The van der Waals surface area contributed by atoms with E-state index >= 15 is 0 Å². The molecule has 2 fully saturated rings. The Morgan fingerprint density at radius 2 is 2.03 bits per heavy atom. The van der Waals surface area contributed by atoms with Crippen molar-refractivity contribution in [2.45, 2.75) is 49.0 Å². The maximum atomic E-state index is 12.4. The Kier molecular flexibility index (Phi) is 4.98. The Labute approximate surface area is 184 Å². The Hall–Kier alpha value is -2.11. The average Bonchev–Trinajstić information content (AvgIpc) is 3.44. The predicted octanol–water partition coefficient (Wildman–Crippen LogP) is 1.87. The lowest BCUT2D eigenvalue weighted by molar-refractivity contribution is 0.141. The van der Waals surface area contributed by atoms with Crippen molar-refractivity contribution in [2.24, 2.45) is 5.92 Å². The number of aryl methyl sites for hydroxylation is 1. The number of fused-ring (bicyclic) bond motifs is 1. The summed E-state index contributed by atoms with van der Waals surface area (Å²) in [6, 6.07) is 1.43. The molecule has 11 heteroatoms. The quantitative estimate of drug-likeness (QED) is 0.354. The number of halogens is 1. The molecule has 0 bridgehead atoms. The molecule has 1 saturated carbocycles. The van der Waals surface area contributed by atoms with Crippen LogP contribution < -0.4 is 16.1 Å². The smallest absolute Gasteiger partial charge is 0.329 e. The van der Waals surface area contributed by atoms with E-state index in [9.17, 15) is 14.7 Å². The lowest BCUT2D eigenvalue weighted by atomic mass is 10.1. The highest BCUT2D eigenvalue weighted by Crippen LogP contribution is 2.37. The van der Waals surface area contributed by atoms with Gasteiger partial charge in [0, 0.05) is 31.4 Å². The van der Waals surface area contributed by atoms with E-state index in [1.165, 1.54) is 10.6 Å². The van der Waals surface area contributed by atoms with Crippen LogP contribution in [0.5, 0.6) is 0 Å². The monoisotopic (exact) mass is 492 g/mol. The maximum absolute atomic E-state index is 12.4. The highest BCUT2D eigenvalue weighted by molar-refractivity contribution is 9.10. The molecular formula is C19H21BrN6O3S. The van der Waals surface area contributed by atoms with Crippen molar-refractivity contribution in [2.75, 3.05) is 18.0 Å². The van der Waals surface area contributed by atoms with Gasteiger partial charge in [-0.2, -0.15) is 0 Å². The standard InChI is InChI=1S/C19H21BrN6O3S/c1-2-11-15(20)14-16(21-11)23-18(24-17(14)25-7-10(27)8-25)30-12-5-13(28)26(19(29)22-12)6-9-3-4-9/h5,9-10,27H,2-4,6-8H2,1H3,(H,22,29)(H,21,23,24). The molecule has 1 aliphatic carbocycles. The van der Waals surface area contributed by atoms with Crippen LogP contribution >= 0.6 is 27.7 Å². The summed E-state index contributed by atoms with van der Waals surface area (Å²) in [5.41, 5.74) is 0.980. The lowest BCUT2D eigenvalue weighted by Gasteiger charge is -2.37. The van der Waals surface area contributed by atoms with Gasteiger partial charge in [0.2, 0.25) is 0 Å². The lowest BCUT2D eigenvalue weighted by Crippen LogP contribution is -2.51. The van der Waals surface area contributed by atoms with Gasteiger partial charge in [-0.05, 0) is 52.9 Å². The van der Waals surface area contributed by atoms with E-state index in [1.54, 1.807) is 0 Å². The van der Waals surface area contributed by atoms with Crippen molar-refractivity contribution in [3.05, 3.63) is 37.1 Å². The zero-order chi connectivity index (χ0) is 21.0. The minimum atomic E-state index is -0.403. The molecule has 0 radical (unpaired) electrons. The van der Waals surface area contributed by atoms with E-state index in [0.29, 0.717) is 41.4 Å². The first-order valence-corrected chi connectivity index (χ1v) is 11.6. The molecule has 0 aromatic carbocycles. The maximum Gasteiger partial charge on any atom is 0.329 e. The first kappa shape index (κ1) is 19.8. The van der Waals surface area contributed by atoms with Gasteiger partial charge in [-0.1, -0.05) is 6.92 Å². The average molecular weight is 493 g/mol. The van der Waals surface area contributed by atoms with Gasteiger partial charge in [0.25, 0.3) is 5.56 Å². The molecule has 1 saturated heterocycles. The molecule has 5 rings (SSSR count). The Balaban J connectivity index is 1.53. The van der Waals surface area contributed by atoms with Crippen molar-refractivity contribution in [1.29, 1.82) is 0 Å². The van der Waals surface area contributed by atoms with Crippen LogP contribution in [-0.4, -0.2) is 48.8 Å². The molecule has 30 heavy (non-hydrogen) atoms. The zero-order valence-corrected chi connectivity index (χ0v) is 18.7. The van der Waals surface area contributed by atoms with Crippen molar-refractivity contribution < 1.29 is 5.11 Å². The van der Waals surface area contributed by atoms with Crippen LogP contribution in [0.1, 0.15) is 25.5 Å². The number of rotatable bonds is 6. The van der Waals surface area contributed by atoms with E-state index in [1.807, 2.05) is 11.8 Å². The van der Waals surface area contributed by atoms with Crippen LogP contribution in [0.4, 0.5) is 5.82 Å². The zero-order valence-electron chi connectivity index (χ0n) is 16.3. The molecule has 3 aromatic rings. The molecule has 2 aliphatic rings. The van der Waals surface area contributed by atoms with Gasteiger partial charge >= 0.3 is 5.69 Å². The fourth-order valence-corrected chi connectivity index (χ4v) is 5.11. The van der Waals surface area contributed by atoms with E-state index in [-0.39, 0.29) is 11.7 Å². The number of β-amino-alcohol motifs (C(OH)–C–C–N with tert-alkyl or cyclic N) is 1. The summed E-state index contributed by atoms with van der Waals surface area (Å²) in [4.78, 5) is 42.2. The third kappa shape index (κ3) is 3.58.